The number of rotatable bonds is 3. The number of aryl methyl sites for hydroxylation is 1. The smallest absolute Gasteiger partial charge is 0.247 e. The summed E-state index contributed by atoms with van der Waals surface area (Å²) in [6, 6.07) is 1.84. The van der Waals surface area contributed by atoms with E-state index in [0.29, 0.717) is 4.88 Å². The van der Waals surface area contributed by atoms with Crippen LogP contribution in [0.15, 0.2) is 11.4 Å². The molecule has 1 aromatic heterocycles. The van der Waals surface area contributed by atoms with Gasteiger partial charge in [-0.15, -0.1) is 11.3 Å². The molecule has 1 heterocycles. The molecular weight excluding hydrogens is 180 g/mol. The Bertz CT molecular complexity index is 247. The SMILES string of the molecule is Cc1ccsc1C(CN)C(F)F. The third-order valence-corrected chi connectivity index (χ3v) is 2.95. The number of hydrogen-bond donors (Lipinski definition) is 1. The number of nitrogens with two attached hydrogens (primary N) is 1. The third kappa shape index (κ3) is 1.81. The molecule has 0 bridgehead atoms. The van der Waals surface area contributed by atoms with Crippen molar-refractivity contribution < 1.29 is 8.78 Å². The minimum atomic E-state index is -2.35. The van der Waals surface area contributed by atoms with E-state index in [1.54, 1.807) is 0 Å². The monoisotopic (exact) mass is 191 g/mol. The van der Waals surface area contributed by atoms with E-state index < -0.39 is 12.3 Å². The highest BCUT2D eigenvalue weighted by Gasteiger charge is 2.23. The van der Waals surface area contributed by atoms with E-state index in [4.69, 9.17) is 5.73 Å². The van der Waals surface area contributed by atoms with Gasteiger partial charge in [-0.05, 0) is 23.9 Å². The number of halogens is 2. The van der Waals surface area contributed by atoms with Gasteiger partial charge in [-0.25, -0.2) is 8.78 Å². The maximum absolute atomic E-state index is 12.4. The quantitative estimate of drug-likeness (QED) is 0.779. The number of alkyl halides is 2. The highest BCUT2D eigenvalue weighted by atomic mass is 32.1. The first-order chi connectivity index (χ1) is 5.66. The van der Waals surface area contributed by atoms with Gasteiger partial charge in [0.2, 0.25) is 6.43 Å². The van der Waals surface area contributed by atoms with Crippen LogP contribution in [0.2, 0.25) is 0 Å². The van der Waals surface area contributed by atoms with Crippen molar-refractivity contribution in [1.29, 1.82) is 0 Å². The number of thiophene rings is 1. The zero-order chi connectivity index (χ0) is 9.14. The second kappa shape index (κ2) is 3.96. The van der Waals surface area contributed by atoms with Crippen LogP contribution in [0.3, 0.4) is 0 Å². The van der Waals surface area contributed by atoms with E-state index in [0.717, 1.165) is 5.56 Å². The molecular formula is C8H11F2NS. The van der Waals surface area contributed by atoms with Gasteiger partial charge in [0.05, 0.1) is 5.92 Å². The molecule has 68 valence electrons. The Hall–Kier alpha value is -0.480. The van der Waals surface area contributed by atoms with Crippen molar-refractivity contribution in [2.75, 3.05) is 6.54 Å². The predicted octanol–water partition coefficient (Wildman–Crippen LogP) is 2.36. The average molecular weight is 191 g/mol. The third-order valence-electron chi connectivity index (χ3n) is 1.80. The summed E-state index contributed by atoms with van der Waals surface area (Å²) in [5.41, 5.74) is 6.17. The summed E-state index contributed by atoms with van der Waals surface area (Å²) in [7, 11) is 0. The Balaban J connectivity index is 2.87. The Labute approximate surface area is 74.2 Å². The van der Waals surface area contributed by atoms with Gasteiger partial charge in [-0.1, -0.05) is 0 Å². The Morgan fingerprint density at radius 1 is 1.58 bits per heavy atom. The van der Waals surface area contributed by atoms with Crippen LogP contribution in [0, 0.1) is 6.92 Å². The summed E-state index contributed by atoms with van der Waals surface area (Å²) in [6.45, 7) is 1.84. The first kappa shape index (κ1) is 9.61. The van der Waals surface area contributed by atoms with Gasteiger partial charge in [0, 0.05) is 11.4 Å². The van der Waals surface area contributed by atoms with Crippen LogP contribution in [0.1, 0.15) is 16.4 Å². The molecule has 0 aliphatic heterocycles. The fourth-order valence-electron chi connectivity index (χ4n) is 1.09. The van der Waals surface area contributed by atoms with Gasteiger partial charge in [-0.2, -0.15) is 0 Å². The van der Waals surface area contributed by atoms with Crippen molar-refractivity contribution in [2.45, 2.75) is 19.3 Å². The van der Waals surface area contributed by atoms with E-state index in [2.05, 4.69) is 0 Å². The van der Waals surface area contributed by atoms with Crippen LogP contribution in [0.5, 0.6) is 0 Å². The maximum atomic E-state index is 12.4. The normalized spacial score (nSPS) is 13.8. The van der Waals surface area contributed by atoms with E-state index in [1.807, 2.05) is 18.4 Å². The Kier molecular flexibility index (Phi) is 3.17. The highest BCUT2D eigenvalue weighted by molar-refractivity contribution is 7.10. The largest absolute Gasteiger partial charge is 0.330 e. The molecule has 2 N–H and O–H groups in total. The second-order valence-corrected chi connectivity index (χ2v) is 3.59. The van der Waals surface area contributed by atoms with Gasteiger partial charge in [-0.3, -0.25) is 0 Å². The Morgan fingerprint density at radius 3 is 2.58 bits per heavy atom. The van der Waals surface area contributed by atoms with Crippen molar-refractivity contribution in [2.24, 2.45) is 5.73 Å². The van der Waals surface area contributed by atoms with Crippen molar-refractivity contribution in [3.8, 4) is 0 Å². The van der Waals surface area contributed by atoms with Gasteiger partial charge < -0.3 is 5.73 Å². The van der Waals surface area contributed by atoms with Crippen LogP contribution in [0.25, 0.3) is 0 Å². The highest BCUT2D eigenvalue weighted by Crippen LogP contribution is 2.29. The topological polar surface area (TPSA) is 26.0 Å². The minimum Gasteiger partial charge on any atom is -0.330 e. The summed E-state index contributed by atoms with van der Waals surface area (Å²) in [6.07, 6.45) is -2.35. The molecule has 0 aliphatic carbocycles. The molecule has 1 aromatic rings. The molecule has 0 spiro atoms. The molecule has 0 amide bonds. The van der Waals surface area contributed by atoms with Gasteiger partial charge in [0.1, 0.15) is 0 Å². The fourth-order valence-corrected chi connectivity index (χ4v) is 2.14. The zero-order valence-corrected chi connectivity index (χ0v) is 7.57. The Morgan fingerprint density at radius 2 is 2.25 bits per heavy atom. The van der Waals surface area contributed by atoms with E-state index >= 15 is 0 Å². The van der Waals surface area contributed by atoms with Crippen LogP contribution in [-0.2, 0) is 0 Å². The first-order valence-corrected chi connectivity index (χ1v) is 4.57. The lowest BCUT2D eigenvalue weighted by Gasteiger charge is -2.12. The predicted molar refractivity (Wildman–Crippen MR) is 46.9 cm³/mol. The molecule has 12 heavy (non-hydrogen) atoms. The molecule has 0 aliphatic rings. The molecule has 1 unspecified atom stereocenters. The summed E-state index contributed by atoms with van der Waals surface area (Å²) in [4.78, 5) is 0.715. The van der Waals surface area contributed by atoms with E-state index in [9.17, 15) is 8.78 Å². The minimum absolute atomic E-state index is 0.0129. The zero-order valence-electron chi connectivity index (χ0n) is 6.76. The van der Waals surface area contributed by atoms with Crippen molar-refractivity contribution >= 4 is 11.3 Å². The molecule has 1 rings (SSSR count). The van der Waals surface area contributed by atoms with Crippen LogP contribution < -0.4 is 5.73 Å². The molecule has 1 nitrogen and oxygen atoms in total. The maximum Gasteiger partial charge on any atom is 0.247 e. The molecule has 4 heteroatoms. The van der Waals surface area contributed by atoms with Crippen LogP contribution in [0.4, 0.5) is 8.78 Å². The van der Waals surface area contributed by atoms with Crippen molar-refractivity contribution in [1.82, 2.24) is 0 Å². The molecule has 0 saturated carbocycles. The van der Waals surface area contributed by atoms with Gasteiger partial charge in [0.15, 0.2) is 0 Å². The molecule has 0 fully saturated rings. The summed E-state index contributed by atoms with van der Waals surface area (Å²) >= 11 is 1.35. The average Bonchev–Trinajstić information content (AvgIpc) is 2.38. The molecule has 0 radical (unpaired) electrons. The first-order valence-electron chi connectivity index (χ1n) is 3.69. The van der Waals surface area contributed by atoms with Crippen molar-refractivity contribution in [3.63, 3.8) is 0 Å². The van der Waals surface area contributed by atoms with Crippen LogP contribution >= 0.6 is 11.3 Å². The van der Waals surface area contributed by atoms with Crippen LogP contribution in [-0.4, -0.2) is 13.0 Å². The molecule has 1 atom stereocenters. The second-order valence-electron chi connectivity index (χ2n) is 2.64. The van der Waals surface area contributed by atoms with Gasteiger partial charge in [0.25, 0.3) is 0 Å². The lowest BCUT2D eigenvalue weighted by atomic mass is 10.1. The van der Waals surface area contributed by atoms with E-state index in [-0.39, 0.29) is 6.54 Å². The molecule has 0 aromatic carbocycles. The lowest BCUT2D eigenvalue weighted by Crippen LogP contribution is -2.19. The van der Waals surface area contributed by atoms with Crippen molar-refractivity contribution in [3.05, 3.63) is 21.9 Å². The summed E-state index contributed by atoms with van der Waals surface area (Å²) in [5, 5.41) is 1.82. The van der Waals surface area contributed by atoms with E-state index in [1.165, 1.54) is 11.3 Å². The lowest BCUT2D eigenvalue weighted by molar-refractivity contribution is 0.118. The standard InChI is InChI=1S/C8H11F2NS/c1-5-2-3-12-7(5)6(4-11)8(9)10/h2-3,6,8H,4,11H2,1H3. The summed E-state index contributed by atoms with van der Waals surface area (Å²) in [5.74, 6) is -0.787. The molecule has 0 saturated heterocycles. The van der Waals surface area contributed by atoms with Gasteiger partial charge >= 0.3 is 0 Å². The number of hydrogen-bond acceptors (Lipinski definition) is 2. The fraction of sp³-hybridized carbons (Fsp3) is 0.500. The summed E-state index contributed by atoms with van der Waals surface area (Å²) < 4.78 is 24.7.